The molecule has 1 heterocycles. The number of rotatable bonds is 5. The molecule has 0 spiro atoms. The molecule has 0 aliphatic carbocycles. The van der Waals surface area contributed by atoms with Crippen molar-refractivity contribution >= 4 is 11.4 Å². The lowest BCUT2D eigenvalue weighted by atomic mass is 10.1. The van der Waals surface area contributed by atoms with Gasteiger partial charge in [0.2, 0.25) is 0 Å². The van der Waals surface area contributed by atoms with Crippen LogP contribution in [0.15, 0.2) is 18.2 Å². The molecule has 1 aromatic rings. The summed E-state index contributed by atoms with van der Waals surface area (Å²) in [5.74, 6) is 0. The van der Waals surface area contributed by atoms with Crippen LogP contribution in [0.5, 0.6) is 0 Å². The topological polar surface area (TPSA) is 67.6 Å². The third-order valence-electron chi connectivity index (χ3n) is 3.57. The smallest absolute Gasteiger partial charge is 0.292 e. The first kappa shape index (κ1) is 15.7. The van der Waals surface area contributed by atoms with Crippen LogP contribution in [0.2, 0.25) is 0 Å². The first-order valence-electron chi connectivity index (χ1n) is 7.45. The molecule has 21 heavy (non-hydrogen) atoms. The number of hydrogen-bond donors (Lipinski definition) is 1. The van der Waals surface area contributed by atoms with E-state index in [1.807, 2.05) is 13.0 Å². The number of nitrogens with one attached hydrogen (secondary N) is 1. The van der Waals surface area contributed by atoms with Gasteiger partial charge in [0.15, 0.2) is 0 Å². The second-order valence-corrected chi connectivity index (χ2v) is 5.41. The summed E-state index contributed by atoms with van der Waals surface area (Å²) < 4.78 is 5.62. The fraction of sp³-hybridized carbons (Fsp3) is 0.600. The largest absolute Gasteiger partial charge is 0.380 e. The first-order valence-corrected chi connectivity index (χ1v) is 7.45. The van der Waals surface area contributed by atoms with Crippen molar-refractivity contribution in [2.45, 2.75) is 32.9 Å². The van der Waals surface area contributed by atoms with E-state index in [9.17, 15) is 10.1 Å². The zero-order valence-electron chi connectivity index (χ0n) is 12.7. The molecule has 0 radical (unpaired) electrons. The summed E-state index contributed by atoms with van der Waals surface area (Å²) in [6.45, 7) is 8.00. The van der Waals surface area contributed by atoms with Gasteiger partial charge >= 0.3 is 0 Å². The van der Waals surface area contributed by atoms with E-state index in [0.717, 1.165) is 38.2 Å². The third-order valence-corrected chi connectivity index (χ3v) is 3.57. The Labute approximate surface area is 125 Å². The molecule has 6 heteroatoms. The highest BCUT2D eigenvalue weighted by atomic mass is 16.6. The number of benzene rings is 1. The zero-order chi connectivity index (χ0) is 15.2. The Morgan fingerprint density at radius 3 is 3.05 bits per heavy atom. The minimum absolute atomic E-state index is 0.147. The second kappa shape index (κ2) is 7.38. The summed E-state index contributed by atoms with van der Waals surface area (Å²) in [5, 5.41) is 14.2. The van der Waals surface area contributed by atoms with Gasteiger partial charge in [-0.05, 0) is 31.9 Å². The lowest BCUT2D eigenvalue weighted by molar-refractivity contribution is -0.384. The molecular formula is C15H23N3O3. The fourth-order valence-corrected chi connectivity index (χ4v) is 2.65. The normalized spacial score (nSPS) is 20.0. The summed E-state index contributed by atoms with van der Waals surface area (Å²) in [6.07, 6.45) is 1.21. The van der Waals surface area contributed by atoms with Gasteiger partial charge < -0.3 is 10.1 Å². The van der Waals surface area contributed by atoms with Gasteiger partial charge in [-0.1, -0.05) is 6.07 Å². The molecule has 0 bridgehead atoms. The number of hydrogen-bond acceptors (Lipinski definition) is 5. The Morgan fingerprint density at radius 1 is 1.52 bits per heavy atom. The van der Waals surface area contributed by atoms with Crippen molar-refractivity contribution in [2.24, 2.45) is 0 Å². The van der Waals surface area contributed by atoms with E-state index in [-0.39, 0.29) is 16.7 Å². The summed E-state index contributed by atoms with van der Waals surface area (Å²) >= 11 is 0. The standard InChI is InChI=1S/C15H23N3O3/c1-3-16-14-6-5-13(9-15(14)18(19)20)11-17-7-4-8-21-12(2)10-17/h5-6,9,12,16H,3-4,7-8,10-11H2,1-2H3. The maximum absolute atomic E-state index is 11.2. The predicted molar refractivity (Wildman–Crippen MR) is 82.6 cm³/mol. The molecule has 6 nitrogen and oxygen atoms in total. The highest BCUT2D eigenvalue weighted by Crippen LogP contribution is 2.26. The van der Waals surface area contributed by atoms with Gasteiger partial charge in [-0.2, -0.15) is 0 Å². The van der Waals surface area contributed by atoms with Gasteiger partial charge in [-0.15, -0.1) is 0 Å². The van der Waals surface area contributed by atoms with E-state index >= 15 is 0 Å². The zero-order valence-corrected chi connectivity index (χ0v) is 12.7. The lowest BCUT2D eigenvalue weighted by Crippen LogP contribution is -2.29. The minimum Gasteiger partial charge on any atom is -0.380 e. The van der Waals surface area contributed by atoms with Crippen LogP contribution in [0.4, 0.5) is 11.4 Å². The summed E-state index contributed by atoms with van der Waals surface area (Å²) in [6, 6.07) is 5.44. The van der Waals surface area contributed by atoms with Crippen molar-refractivity contribution in [2.75, 3.05) is 31.6 Å². The van der Waals surface area contributed by atoms with Crippen molar-refractivity contribution in [1.29, 1.82) is 0 Å². The van der Waals surface area contributed by atoms with Crippen molar-refractivity contribution in [3.8, 4) is 0 Å². The molecule has 2 rings (SSSR count). The molecule has 116 valence electrons. The Bertz CT molecular complexity index is 493. The van der Waals surface area contributed by atoms with Crippen molar-refractivity contribution < 1.29 is 9.66 Å². The molecule has 0 saturated carbocycles. The van der Waals surface area contributed by atoms with E-state index in [1.165, 1.54) is 0 Å². The summed E-state index contributed by atoms with van der Waals surface area (Å²) in [4.78, 5) is 13.2. The van der Waals surface area contributed by atoms with E-state index in [0.29, 0.717) is 12.2 Å². The molecule has 1 atom stereocenters. The lowest BCUT2D eigenvalue weighted by Gasteiger charge is -2.21. The summed E-state index contributed by atoms with van der Waals surface area (Å²) in [5.41, 5.74) is 1.70. The highest BCUT2D eigenvalue weighted by Gasteiger charge is 2.18. The molecule has 1 fully saturated rings. The molecule has 1 saturated heterocycles. The Morgan fingerprint density at radius 2 is 2.33 bits per heavy atom. The Balaban J connectivity index is 2.12. The van der Waals surface area contributed by atoms with Crippen LogP contribution >= 0.6 is 0 Å². The van der Waals surface area contributed by atoms with Gasteiger partial charge in [-0.25, -0.2) is 0 Å². The van der Waals surface area contributed by atoms with Crippen molar-refractivity contribution in [3.05, 3.63) is 33.9 Å². The van der Waals surface area contributed by atoms with Gasteiger partial charge in [0.25, 0.3) is 5.69 Å². The first-order chi connectivity index (χ1) is 10.1. The minimum atomic E-state index is -0.324. The van der Waals surface area contributed by atoms with Crippen LogP contribution in [0.25, 0.3) is 0 Å². The summed E-state index contributed by atoms with van der Waals surface area (Å²) in [7, 11) is 0. The number of anilines is 1. The number of nitro benzene ring substituents is 1. The molecule has 1 aromatic carbocycles. The van der Waals surface area contributed by atoms with Gasteiger partial charge in [0.1, 0.15) is 5.69 Å². The molecule has 1 unspecified atom stereocenters. The van der Waals surface area contributed by atoms with E-state index in [4.69, 9.17) is 4.74 Å². The Hall–Kier alpha value is -1.66. The van der Waals surface area contributed by atoms with E-state index in [1.54, 1.807) is 12.1 Å². The quantitative estimate of drug-likeness (QED) is 0.667. The van der Waals surface area contributed by atoms with Crippen LogP contribution in [-0.4, -0.2) is 42.2 Å². The van der Waals surface area contributed by atoms with E-state index in [2.05, 4.69) is 17.1 Å². The maximum Gasteiger partial charge on any atom is 0.292 e. The number of ether oxygens (including phenoxy) is 1. The average Bonchev–Trinajstić information content (AvgIpc) is 2.65. The van der Waals surface area contributed by atoms with Gasteiger partial charge in [0.05, 0.1) is 11.0 Å². The highest BCUT2D eigenvalue weighted by molar-refractivity contribution is 5.62. The van der Waals surface area contributed by atoms with E-state index < -0.39 is 0 Å². The Kier molecular flexibility index (Phi) is 5.52. The SMILES string of the molecule is CCNc1ccc(CN2CCCOC(C)C2)cc1[N+](=O)[O-]. The maximum atomic E-state index is 11.2. The number of nitrogens with zero attached hydrogens (tertiary/aromatic N) is 2. The van der Waals surface area contributed by atoms with Crippen LogP contribution in [-0.2, 0) is 11.3 Å². The molecular weight excluding hydrogens is 270 g/mol. The molecule has 1 aliphatic heterocycles. The van der Waals surface area contributed by atoms with Crippen molar-refractivity contribution in [3.63, 3.8) is 0 Å². The molecule has 1 N–H and O–H groups in total. The average molecular weight is 293 g/mol. The van der Waals surface area contributed by atoms with Crippen molar-refractivity contribution in [1.82, 2.24) is 4.90 Å². The van der Waals surface area contributed by atoms with Crippen LogP contribution in [0.1, 0.15) is 25.8 Å². The monoisotopic (exact) mass is 293 g/mol. The third kappa shape index (κ3) is 4.41. The van der Waals surface area contributed by atoms with Gasteiger partial charge in [0, 0.05) is 38.9 Å². The molecule has 0 amide bonds. The second-order valence-electron chi connectivity index (χ2n) is 5.41. The van der Waals surface area contributed by atoms with Crippen LogP contribution < -0.4 is 5.32 Å². The number of nitro groups is 1. The predicted octanol–water partition coefficient (Wildman–Crippen LogP) is 2.64. The fourth-order valence-electron chi connectivity index (χ4n) is 2.65. The molecule has 1 aliphatic rings. The van der Waals surface area contributed by atoms with Gasteiger partial charge in [-0.3, -0.25) is 15.0 Å². The molecule has 0 aromatic heterocycles. The van der Waals surface area contributed by atoms with Crippen LogP contribution in [0.3, 0.4) is 0 Å². The van der Waals surface area contributed by atoms with Crippen LogP contribution in [0, 0.1) is 10.1 Å².